The lowest BCUT2D eigenvalue weighted by atomic mass is 10.2. The van der Waals surface area contributed by atoms with Crippen molar-refractivity contribution in [2.24, 2.45) is 5.92 Å². The molecule has 1 heterocycles. The molecule has 0 aromatic carbocycles. The molecule has 106 valence electrons. The van der Waals surface area contributed by atoms with Crippen LogP contribution in [0.5, 0.6) is 0 Å². The third-order valence-electron chi connectivity index (χ3n) is 3.58. The molecule has 5 heteroatoms. The van der Waals surface area contributed by atoms with E-state index < -0.39 is 0 Å². The van der Waals surface area contributed by atoms with E-state index in [4.69, 9.17) is 4.74 Å². The molecule has 1 atom stereocenters. The zero-order valence-electron chi connectivity index (χ0n) is 12.2. The summed E-state index contributed by atoms with van der Waals surface area (Å²) in [5.41, 5.74) is 0. The van der Waals surface area contributed by atoms with E-state index in [1.807, 2.05) is 6.92 Å². The Bertz CT molecular complexity index is 253. The summed E-state index contributed by atoms with van der Waals surface area (Å²) in [7, 11) is 5.68. The Morgan fingerprint density at radius 2 is 1.94 bits per heavy atom. The first-order chi connectivity index (χ1) is 8.52. The molecule has 0 saturated carbocycles. The van der Waals surface area contributed by atoms with Crippen molar-refractivity contribution in [3.63, 3.8) is 0 Å². The molecule has 1 aliphatic heterocycles. The summed E-state index contributed by atoms with van der Waals surface area (Å²) in [6, 6.07) is 0. The number of esters is 1. The monoisotopic (exact) mass is 257 g/mol. The Morgan fingerprint density at radius 3 is 2.50 bits per heavy atom. The average Bonchev–Trinajstić information content (AvgIpc) is 2.37. The highest BCUT2D eigenvalue weighted by Crippen LogP contribution is 2.02. The highest BCUT2D eigenvalue weighted by molar-refractivity contribution is 5.71. The second kappa shape index (κ2) is 7.71. The van der Waals surface area contributed by atoms with Crippen LogP contribution in [0.1, 0.15) is 6.92 Å². The third kappa shape index (κ3) is 5.33. The minimum atomic E-state index is -0.124. The smallest absolute Gasteiger partial charge is 0.309 e. The molecule has 0 N–H and O–H groups in total. The number of hydrogen-bond acceptors (Lipinski definition) is 5. The molecule has 1 fully saturated rings. The van der Waals surface area contributed by atoms with Crippen molar-refractivity contribution >= 4 is 5.97 Å². The van der Waals surface area contributed by atoms with E-state index in [0.717, 1.165) is 45.8 Å². The van der Waals surface area contributed by atoms with Gasteiger partial charge in [0.15, 0.2) is 0 Å². The van der Waals surface area contributed by atoms with Crippen molar-refractivity contribution in [3.05, 3.63) is 0 Å². The predicted molar refractivity (Wildman–Crippen MR) is 72.6 cm³/mol. The van der Waals surface area contributed by atoms with Gasteiger partial charge in [0.1, 0.15) is 0 Å². The van der Waals surface area contributed by atoms with E-state index in [0.29, 0.717) is 0 Å². The number of ether oxygens (including phenoxy) is 1. The van der Waals surface area contributed by atoms with Crippen LogP contribution in [0.3, 0.4) is 0 Å². The Labute approximate surface area is 111 Å². The SMILES string of the molecule is COC(=O)C(C)CN(C)CCN1CCN(C)CC1. The lowest BCUT2D eigenvalue weighted by Crippen LogP contribution is -2.47. The fourth-order valence-electron chi connectivity index (χ4n) is 2.22. The number of likely N-dealkylation sites (N-methyl/N-ethyl adjacent to an activating group) is 2. The summed E-state index contributed by atoms with van der Waals surface area (Å²) in [5.74, 6) is -0.172. The van der Waals surface area contributed by atoms with Gasteiger partial charge in [-0.25, -0.2) is 0 Å². The Hall–Kier alpha value is -0.650. The molecule has 18 heavy (non-hydrogen) atoms. The third-order valence-corrected chi connectivity index (χ3v) is 3.58. The van der Waals surface area contributed by atoms with Gasteiger partial charge in [0.2, 0.25) is 0 Å². The van der Waals surface area contributed by atoms with Crippen molar-refractivity contribution in [2.45, 2.75) is 6.92 Å². The van der Waals surface area contributed by atoms with Crippen LogP contribution in [0.4, 0.5) is 0 Å². The summed E-state index contributed by atoms with van der Waals surface area (Å²) in [6.45, 7) is 9.38. The minimum Gasteiger partial charge on any atom is -0.469 e. The van der Waals surface area contributed by atoms with Crippen molar-refractivity contribution in [1.29, 1.82) is 0 Å². The highest BCUT2D eigenvalue weighted by Gasteiger charge is 2.17. The molecular formula is C13H27N3O2. The summed E-state index contributed by atoms with van der Waals surface area (Å²) >= 11 is 0. The zero-order chi connectivity index (χ0) is 13.5. The molecule has 0 bridgehead atoms. The molecule has 0 radical (unpaired) electrons. The van der Waals surface area contributed by atoms with Crippen LogP contribution in [-0.4, -0.2) is 87.7 Å². The summed E-state index contributed by atoms with van der Waals surface area (Å²) in [5, 5.41) is 0. The number of piperazine rings is 1. The fraction of sp³-hybridized carbons (Fsp3) is 0.923. The number of hydrogen-bond donors (Lipinski definition) is 0. The van der Waals surface area contributed by atoms with Crippen LogP contribution >= 0.6 is 0 Å². The van der Waals surface area contributed by atoms with Gasteiger partial charge >= 0.3 is 5.97 Å². The maximum Gasteiger partial charge on any atom is 0.309 e. The molecule has 1 unspecified atom stereocenters. The number of rotatable bonds is 6. The molecule has 1 aliphatic rings. The van der Waals surface area contributed by atoms with E-state index in [2.05, 4.69) is 28.8 Å². The van der Waals surface area contributed by atoms with E-state index >= 15 is 0 Å². The van der Waals surface area contributed by atoms with E-state index in [9.17, 15) is 4.79 Å². The van der Waals surface area contributed by atoms with E-state index in [1.165, 1.54) is 7.11 Å². The van der Waals surface area contributed by atoms with Crippen molar-refractivity contribution in [1.82, 2.24) is 14.7 Å². The second-order valence-corrected chi connectivity index (χ2v) is 5.33. The van der Waals surface area contributed by atoms with Crippen LogP contribution < -0.4 is 0 Å². The van der Waals surface area contributed by atoms with E-state index in [-0.39, 0.29) is 11.9 Å². The van der Waals surface area contributed by atoms with Gasteiger partial charge in [-0.15, -0.1) is 0 Å². The second-order valence-electron chi connectivity index (χ2n) is 5.33. The Morgan fingerprint density at radius 1 is 1.33 bits per heavy atom. The maximum absolute atomic E-state index is 11.3. The van der Waals surface area contributed by atoms with Gasteiger partial charge in [-0.3, -0.25) is 9.69 Å². The summed E-state index contributed by atoms with van der Waals surface area (Å²) in [6.07, 6.45) is 0. The normalized spacial score (nSPS) is 20.1. The molecule has 0 aliphatic carbocycles. The first-order valence-electron chi connectivity index (χ1n) is 6.70. The molecule has 1 rings (SSSR count). The molecule has 0 aromatic heterocycles. The fourth-order valence-corrected chi connectivity index (χ4v) is 2.22. The summed E-state index contributed by atoms with van der Waals surface area (Å²) < 4.78 is 4.74. The van der Waals surface area contributed by atoms with Crippen molar-refractivity contribution in [3.8, 4) is 0 Å². The quantitative estimate of drug-likeness (QED) is 0.625. The zero-order valence-corrected chi connectivity index (χ0v) is 12.2. The predicted octanol–water partition coefficient (Wildman–Crippen LogP) is -0.0253. The first kappa shape index (κ1) is 15.4. The van der Waals surface area contributed by atoms with Gasteiger partial charge in [0.25, 0.3) is 0 Å². The van der Waals surface area contributed by atoms with Gasteiger partial charge in [0, 0.05) is 45.8 Å². The number of nitrogens with zero attached hydrogens (tertiary/aromatic N) is 3. The van der Waals surface area contributed by atoms with Crippen LogP contribution in [0.25, 0.3) is 0 Å². The maximum atomic E-state index is 11.3. The van der Waals surface area contributed by atoms with Crippen molar-refractivity contribution in [2.75, 3.05) is 67.0 Å². The van der Waals surface area contributed by atoms with Gasteiger partial charge < -0.3 is 14.5 Å². The average molecular weight is 257 g/mol. The van der Waals surface area contributed by atoms with Crippen LogP contribution in [0.15, 0.2) is 0 Å². The van der Waals surface area contributed by atoms with Crippen LogP contribution in [0, 0.1) is 5.92 Å². The molecule has 1 saturated heterocycles. The number of carbonyl (C=O) groups is 1. The van der Waals surface area contributed by atoms with Gasteiger partial charge in [-0.2, -0.15) is 0 Å². The topological polar surface area (TPSA) is 36.0 Å². The molecular weight excluding hydrogens is 230 g/mol. The van der Waals surface area contributed by atoms with Gasteiger partial charge in [-0.1, -0.05) is 6.92 Å². The Kier molecular flexibility index (Phi) is 6.60. The number of methoxy groups -OCH3 is 1. The minimum absolute atomic E-state index is 0.0486. The van der Waals surface area contributed by atoms with E-state index in [1.54, 1.807) is 0 Å². The first-order valence-corrected chi connectivity index (χ1v) is 6.70. The van der Waals surface area contributed by atoms with Crippen LogP contribution in [-0.2, 0) is 9.53 Å². The Balaban J connectivity index is 2.16. The highest BCUT2D eigenvalue weighted by atomic mass is 16.5. The standard InChI is InChI=1S/C13H27N3O2/c1-12(13(17)18-4)11-15(3)7-10-16-8-5-14(2)6-9-16/h12H,5-11H2,1-4H3. The molecule has 5 nitrogen and oxygen atoms in total. The molecule has 0 spiro atoms. The van der Waals surface area contributed by atoms with Crippen LogP contribution in [0.2, 0.25) is 0 Å². The van der Waals surface area contributed by atoms with Gasteiger partial charge in [0.05, 0.1) is 13.0 Å². The molecule has 0 amide bonds. The van der Waals surface area contributed by atoms with Gasteiger partial charge in [-0.05, 0) is 14.1 Å². The lowest BCUT2D eigenvalue weighted by Gasteiger charge is -2.33. The number of carbonyl (C=O) groups excluding carboxylic acids is 1. The largest absolute Gasteiger partial charge is 0.469 e. The molecule has 0 aromatic rings. The van der Waals surface area contributed by atoms with Crippen molar-refractivity contribution < 1.29 is 9.53 Å². The summed E-state index contributed by atoms with van der Waals surface area (Å²) in [4.78, 5) is 18.4. The lowest BCUT2D eigenvalue weighted by molar-refractivity contribution is -0.145.